The lowest BCUT2D eigenvalue weighted by atomic mass is 10.2. The first-order valence-electron chi connectivity index (χ1n) is 4.84. The van der Waals surface area contributed by atoms with Crippen LogP contribution in [0.25, 0.3) is 0 Å². The Balaban J connectivity index is 2.83. The summed E-state index contributed by atoms with van der Waals surface area (Å²) in [6, 6.07) is 2.84. The Labute approximate surface area is 112 Å². The molecule has 0 aliphatic rings. The lowest BCUT2D eigenvalue weighted by Gasteiger charge is -2.20. The van der Waals surface area contributed by atoms with Gasteiger partial charge in [0.1, 0.15) is 5.60 Å². The number of halogens is 3. The van der Waals surface area contributed by atoms with Crippen molar-refractivity contribution in [1.82, 2.24) is 0 Å². The fraction of sp³-hybridized carbons (Fsp3) is 0.364. The molecule has 0 heterocycles. The van der Waals surface area contributed by atoms with Crippen LogP contribution >= 0.6 is 27.5 Å². The number of nitrogens with one attached hydrogen (secondary N) is 1. The van der Waals surface area contributed by atoms with Gasteiger partial charge in [0.05, 0.1) is 15.2 Å². The first-order chi connectivity index (χ1) is 7.70. The summed E-state index contributed by atoms with van der Waals surface area (Å²) in [5, 5.41) is 2.41. The molecule has 17 heavy (non-hydrogen) atoms. The molecule has 1 rings (SSSR count). The molecule has 0 aliphatic carbocycles. The summed E-state index contributed by atoms with van der Waals surface area (Å²) in [4.78, 5) is 11.5. The Morgan fingerprint density at radius 2 is 2.06 bits per heavy atom. The van der Waals surface area contributed by atoms with E-state index in [0.29, 0.717) is 0 Å². The molecular weight excluding hydrogens is 312 g/mol. The van der Waals surface area contributed by atoms with Crippen LogP contribution in [0.4, 0.5) is 14.9 Å². The van der Waals surface area contributed by atoms with Gasteiger partial charge >= 0.3 is 6.09 Å². The third-order valence-electron chi connectivity index (χ3n) is 1.67. The highest BCUT2D eigenvalue weighted by Crippen LogP contribution is 2.30. The van der Waals surface area contributed by atoms with E-state index in [0.717, 1.165) is 0 Å². The molecule has 0 fully saturated rings. The molecule has 0 radical (unpaired) electrons. The lowest BCUT2D eigenvalue weighted by Crippen LogP contribution is -2.27. The molecule has 0 aliphatic heterocycles. The molecule has 1 aromatic carbocycles. The predicted molar refractivity (Wildman–Crippen MR) is 69.0 cm³/mol. The van der Waals surface area contributed by atoms with Crippen molar-refractivity contribution in [3.8, 4) is 0 Å². The second kappa shape index (κ2) is 5.23. The van der Waals surface area contributed by atoms with Crippen molar-refractivity contribution < 1.29 is 13.9 Å². The molecular formula is C11H12BrClFNO2. The van der Waals surface area contributed by atoms with Crippen LogP contribution in [0.3, 0.4) is 0 Å². The smallest absolute Gasteiger partial charge is 0.412 e. The van der Waals surface area contributed by atoms with Crippen LogP contribution in [-0.2, 0) is 4.74 Å². The Kier molecular flexibility index (Phi) is 4.38. The van der Waals surface area contributed by atoms with Gasteiger partial charge in [0.2, 0.25) is 0 Å². The zero-order valence-electron chi connectivity index (χ0n) is 9.61. The third kappa shape index (κ3) is 4.16. The molecule has 0 atom stereocenters. The standard InChI is InChI=1S/C11H12BrClFNO2/c1-11(2,3)17-10(16)15-7-5-4-6(13)9(14)8(7)12/h4-5H,1-3H3,(H,15,16). The number of amides is 1. The van der Waals surface area contributed by atoms with Gasteiger partial charge in [-0.15, -0.1) is 0 Å². The van der Waals surface area contributed by atoms with E-state index in [1.807, 2.05) is 0 Å². The van der Waals surface area contributed by atoms with E-state index in [1.165, 1.54) is 12.1 Å². The Hall–Kier alpha value is -0.810. The van der Waals surface area contributed by atoms with Gasteiger partial charge < -0.3 is 4.74 Å². The number of benzene rings is 1. The summed E-state index contributed by atoms with van der Waals surface area (Å²) < 4.78 is 18.5. The molecule has 0 unspecified atom stereocenters. The predicted octanol–water partition coefficient (Wildman–Crippen LogP) is 4.59. The molecule has 0 saturated heterocycles. The van der Waals surface area contributed by atoms with E-state index in [-0.39, 0.29) is 15.2 Å². The molecule has 0 saturated carbocycles. The van der Waals surface area contributed by atoms with Crippen LogP contribution in [0.1, 0.15) is 20.8 Å². The quantitative estimate of drug-likeness (QED) is 0.767. The van der Waals surface area contributed by atoms with E-state index in [9.17, 15) is 9.18 Å². The first-order valence-corrected chi connectivity index (χ1v) is 6.01. The first kappa shape index (κ1) is 14.3. The number of hydrogen-bond donors (Lipinski definition) is 1. The summed E-state index contributed by atoms with van der Waals surface area (Å²) in [5.41, 5.74) is -0.345. The monoisotopic (exact) mass is 323 g/mol. The average molecular weight is 325 g/mol. The second-order valence-corrected chi connectivity index (χ2v) is 5.55. The Morgan fingerprint density at radius 1 is 1.47 bits per heavy atom. The number of carbonyl (C=O) groups is 1. The summed E-state index contributed by atoms with van der Waals surface area (Å²) >= 11 is 8.59. The van der Waals surface area contributed by atoms with Gasteiger partial charge in [-0.3, -0.25) is 5.32 Å². The van der Waals surface area contributed by atoms with E-state index < -0.39 is 17.5 Å². The van der Waals surface area contributed by atoms with E-state index in [1.54, 1.807) is 20.8 Å². The number of rotatable bonds is 1. The van der Waals surface area contributed by atoms with Gasteiger partial charge in [-0.1, -0.05) is 11.6 Å². The maximum absolute atomic E-state index is 13.4. The highest BCUT2D eigenvalue weighted by atomic mass is 79.9. The number of hydrogen-bond acceptors (Lipinski definition) is 2. The van der Waals surface area contributed by atoms with Gasteiger partial charge in [0, 0.05) is 0 Å². The molecule has 0 spiro atoms. The Bertz CT molecular complexity index is 446. The molecule has 94 valence electrons. The van der Waals surface area contributed by atoms with Gasteiger partial charge in [-0.05, 0) is 48.8 Å². The fourth-order valence-corrected chi connectivity index (χ4v) is 1.75. The van der Waals surface area contributed by atoms with E-state index >= 15 is 0 Å². The van der Waals surface area contributed by atoms with Crippen LogP contribution in [0, 0.1) is 5.82 Å². The number of carbonyl (C=O) groups excluding carboxylic acids is 1. The second-order valence-electron chi connectivity index (χ2n) is 4.35. The summed E-state index contributed by atoms with van der Waals surface area (Å²) in [7, 11) is 0. The molecule has 6 heteroatoms. The topological polar surface area (TPSA) is 38.3 Å². The number of ether oxygens (including phenoxy) is 1. The molecule has 3 nitrogen and oxygen atoms in total. The van der Waals surface area contributed by atoms with Crippen molar-refractivity contribution in [2.24, 2.45) is 0 Å². The van der Waals surface area contributed by atoms with Crippen molar-refractivity contribution in [3.05, 3.63) is 27.4 Å². The molecule has 0 aromatic heterocycles. The highest BCUT2D eigenvalue weighted by Gasteiger charge is 2.18. The van der Waals surface area contributed by atoms with Gasteiger partial charge in [0.25, 0.3) is 0 Å². The SMILES string of the molecule is CC(C)(C)OC(=O)Nc1ccc(Cl)c(F)c1Br. The summed E-state index contributed by atoms with van der Waals surface area (Å²) in [6.45, 7) is 5.22. The van der Waals surface area contributed by atoms with Crippen molar-refractivity contribution in [2.45, 2.75) is 26.4 Å². The molecule has 1 amide bonds. The van der Waals surface area contributed by atoms with Gasteiger partial charge in [0.15, 0.2) is 5.82 Å². The van der Waals surface area contributed by atoms with Crippen LogP contribution in [-0.4, -0.2) is 11.7 Å². The molecule has 1 N–H and O–H groups in total. The van der Waals surface area contributed by atoms with Gasteiger partial charge in [-0.25, -0.2) is 9.18 Å². The average Bonchev–Trinajstić information content (AvgIpc) is 2.16. The van der Waals surface area contributed by atoms with Crippen LogP contribution in [0.2, 0.25) is 5.02 Å². The van der Waals surface area contributed by atoms with Crippen molar-refractivity contribution in [2.75, 3.05) is 5.32 Å². The minimum Gasteiger partial charge on any atom is -0.444 e. The normalized spacial score (nSPS) is 11.2. The minimum absolute atomic E-state index is 0.0217. The maximum Gasteiger partial charge on any atom is 0.412 e. The van der Waals surface area contributed by atoms with Crippen LogP contribution in [0.5, 0.6) is 0 Å². The third-order valence-corrected chi connectivity index (χ3v) is 2.74. The van der Waals surface area contributed by atoms with Crippen LogP contribution < -0.4 is 5.32 Å². The van der Waals surface area contributed by atoms with Crippen molar-refractivity contribution in [1.29, 1.82) is 0 Å². The number of anilines is 1. The van der Waals surface area contributed by atoms with Crippen LogP contribution in [0.15, 0.2) is 16.6 Å². The zero-order valence-corrected chi connectivity index (χ0v) is 11.9. The largest absolute Gasteiger partial charge is 0.444 e. The summed E-state index contributed by atoms with van der Waals surface area (Å²) in [6.07, 6.45) is -0.653. The molecule has 1 aromatic rings. The van der Waals surface area contributed by atoms with Gasteiger partial charge in [-0.2, -0.15) is 0 Å². The van der Waals surface area contributed by atoms with Crippen molar-refractivity contribution >= 4 is 39.3 Å². The molecule has 0 bridgehead atoms. The van der Waals surface area contributed by atoms with Crippen molar-refractivity contribution in [3.63, 3.8) is 0 Å². The van der Waals surface area contributed by atoms with E-state index in [2.05, 4.69) is 21.2 Å². The zero-order chi connectivity index (χ0) is 13.2. The van der Waals surface area contributed by atoms with E-state index in [4.69, 9.17) is 16.3 Å². The summed E-state index contributed by atoms with van der Waals surface area (Å²) in [5.74, 6) is -0.625. The minimum atomic E-state index is -0.653. The maximum atomic E-state index is 13.4. The highest BCUT2D eigenvalue weighted by molar-refractivity contribution is 9.10. The Morgan fingerprint density at radius 3 is 2.59 bits per heavy atom. The fourth-order valence-electron chi connectivity index (χ4n) is 1.04. The lowest BCUT2D eigenvalue weighted by molar-refractivity contribution is 0.0636.